The molecule has 47 heavy (non-hydrogen) atoms. The van der Waals surface area contributed by atoms with Gasteiger partial charge in [-0.25, -0.2) is 0 Å². The van der Waals surface area contributed by atoms with Gasteiger partial charge in [-0.2, -0.15) is 0 Å². The molecule has 0 aromatic heterocycles. The van der Waals surface area contributed by atoms with E-state index in [1.165, 1.54) is 4.90 Å². The lowest BCUT2D eigenvalue weighted by atomic mass is 9.95. The lowest BCUT2D eigenvalue weighted by Crippen LogP contribution is -2.59. The van der Waals surface area contributed by atoms with Gasteiger partial charge in [0.15, 0.2) is 0 Å². The monoisotopic (exact) mass is 665 g/mol. The van der Waals surface area contributed by atoms with Crippen LogP contribution in [0, 0.1) is 23.7 Å². The van der Waals surface area contributed by atoms with Crippen molar-refractivity contribution >= 4 is 35.5 Å². The van der Waals surface area contributed by atoms with E-state index in [0.29, 0.717) is 6.42 Å². The minimum atomic E-state index is -1.18. The van der Waals surface area contributed by atoms with E-state index >= 15 is 0 Å². The molecular weight excluding hydrogens is 602 g/mol. The Morgan fingerprint density at radius 1 is 0.745 bits per heavy atom. The molecule has 12 nitrogen and oxygen atoms in total. The summed E-state index contributed by atoms with van der Waals surface area (Å²) >= 11 is 0. The molecule has 12 heteroatoms. The highest BCUT2D eigenvalue weighted by molar-refractivity contribution is 5.95. The third-order valence-corrected chi connectivity index (χ3v) is 8.59. The molecule has 4 N–H and O–H groups in total. The van der Waals surface area contributed by atoms with Crippen molar-refractivity contribution in [2.45, 2.75) is 150 Å². The lowest BCUT2D eigenvalue weighted by Gasteiger charge is -2.33. The molecule has 0 spiro atoms. The fourth-order valence-corrected chi connectivity index (χ4v) is 5.63. The van der Waals surface area contributed by atoms with E-state index in [1.54, 1.807) is 20.9 Å². The van der Waals surface area contributed by atoms with Crippen molar-refractivity contribution in [2.75, 3.05) is 13.7 Å². The highest BCUT2D eigenvalue weighted by atomic mass is 16.5. The van der Waals surface area contributed by atoms with Gasteiger partial charge in [0.25, 0.3) is 0 Å². The van der Waals surface area contributed by atoms with Crippen LogP contribution in [0.1, 0.15) is 120 Å². The van der Waals surface area contributed by atoms with Crippen molar-refractivity contribution in [1.82, 2.24) is 26.2 Å². The van der Waals surface area contributed by atoms with Crippen LogP contribution in [-0.2, 0) is 33.5 Å². The van der Waals surface area contributed by atoms with Crippen LogP contribution in [0.25, 0.3) is 0 Å². The number of carbonyl (C=O) groups is 6. The van der Waals surface area contributed by atoms with Crippen molar-refractivity contribution in [3.8, 4) is 0 Å². The number of rotatable bonds is 19. The topological polar surface area (TPSA) is 163 Å². The molecule has 0 aliphatic heterocycles. The molecule has 5 unspecified atom stereocenters. The van der Waals surface area contributed by atoms with Gasteiger partial charge in [-0.1, -0.05) is 74.7 Å². The fourth-order valence-electron chi connectivity index (χ4n) is 5.63. The highest BCUT2D eigenvalue weighted by Gasteiger charge is 2.35. The van der Waals surface area contributed by atoms with Crippen LogP contribution in [-0.4, -0.2) is 84.3 Å². The van der Waals surface area contributed by atoms with Crippen molar-refractivity contribution in [1.29, 1.82) is 0 Å². The van der Waals surface area contributed by atoms with Gasteiger partial charge in [-0.15, -0.1) is 0 Å². The molecule has 1 fully saturated rings. The highest BCUT2D eigenvalue weighted by Crippen LogP contribution is 2.18. The van der Waals surface area contributed by atoms with Gasteiger partial charge in [0.05, 0.1) is 6.61 Å². The van der Waals surface area contributed by atoms with E-state index in [0.717, 1.165) is 32.1 Å². The summed E-state index contributed by atoms with van der Waals surface area (Å²) in [6.45, 7) is 16.8. The molecule has 0 saturated heterocycles. The van der Waals surface area contributed by atoms with E-state index in [1.807, 2.05) is 48.5 Å². The van der Waals surface area contributed by atoms with Gasteiger partial charge in [0.2, 0.25) is 29.5 Å². The van der Waals surface area contributed by atoms with Crippen LogP contribution in [0.3, 0.4) is 0 Å². The number of nitrogens with zero attached hydrogens (tertiary/aromatic N) is 1. The van der Waals surface area contributed by atoms with Crippen LogP contribution < -0.4 is 21.3 Å². The molecule has 0 heterocycles. The second-order valence-corrected chi connectivity index (χ2v) is 14.4. The first-order chi connectivity index (χ1) is 22.0. The Bertz CT molecular complexity index is 1040. The minimum Gasteiger partial charge on any atom is -0.465 e. The molecule has 0 radical (unpaired) electrons. The molecule has 0 aromatic rings. The molecule has 0 aromatic carbocycles. The summed E-state index contributed by atoms with van der Waals surface area (Å²) in [6.07, 6.45) is 5.78. The molecule has 270 valence electrons. The maximum absolute atomic E-state index is 13.8. The molecule has 1 saturated carbocycles. The SMILES string of the molecule is CCC(C)C(=O)N(C)C(C(=O)NC(CCC(=O)OCC(C)C)C(=O)NC(CC(C)C)C(=O)NC(C)C(=O)NC1CCCCC1)C(C)C. The Labute approximate surface area is 282 Å². The predicted molar refractivity (Wildman–Crippen MR) is 182 cm³/mol. The smallest absolute Gasteiger partial charge is 0.305 e. The number of nitrogens with one attached hydrogen (secondary N) is 4. The van der Waals surface area contributed by atoms with Gasteiger partial charge in [-0.3, -0.25) is 28.8 Å². The largest absolute Gasteiger partial charge is 0.465 e. The number of likely N-dealkylation sites (N-methyl/N-ethyl adjacent to an activating group) is 1. The van der Waals surface area contributed by atoms with E-state index in [2.05, 4.69) is 21.3 Å². The molecule has 5 atom stereocenters. The fraction of sp³-hybridized carbons (Fsp3) is 0.829. The number of carbonyl (C=O) groups excluding carboxylic acids is 6. The summed E-state index contributed by atoms with van der Waals surface area (Å²) in [5.74, 6) is -3.08. The number of hydrogen-bond acceptors (Lipinski definition) is 7. The van der Waals surface area contributed by atoms with Gasteiger partial charge in [-0.05, 0) is 56.8 Å². The first kappa shape index (κ1) is 41.8. The zero-order valence-electron chi connectivity index (χ0n) is 30.6. The third kappa shape index (κ3) is 15.1. The van der Waals surface area contributed by atoms with E-state index in [4.69, 9.17) is 4.74 Å². The number of amides is 5. The van der Waals surface area contributed by atoms with E-state index in [9.17, 15) is 28.8 Å². The lowest BCUT2D eigenvalue weighted by molar-refractivity contribution is -0.146. The Morgan fingerprint density at radius 2 is 1.32 bits per heavy atom. The Kier molecular flexibility index (Phi) is 18.6. The summed E-state index contributed by atoms with van der Waals surface area (Å²) in [5, 5.41) is 11.3. The maximum Gasteiger partial charge on any atom is 0.305 e. The standard InChI is InChI=1S/C35H63N5O7/c1-11-24(8)35(46)40(10)30(23(6)7)34(45)38-27(17-18-29(41)47-20-22(4)5)32(43)39-28(19-21(2)3)33(44)36-25(9)31(42)37-26-15-13-12-14-16-26/h21-28,30H,11-20H2,1-10H3,(H,36,44)(H,37,42)(H,38,45)(H,39,43). The molecular formula is C35H63N5O7. The first-order valence-electron chi connectivity index (χ1n) is 17.6. The van der Waals surface area contributed by atoms with Crippen molar-refractivity contribution in [2.24, 2.45) is 23.7 Å². The van der Waals surface area contributed by atoms with Crippen molar-refractivity contribution < 1.29 is 33.5 Å². The summed E-state index contributed by atoms with van der Waals surface area (Å²) in [4.78, 5) is 80.6. The number of hydrogen-bond donors (Lipinski definition) is 4. The van der Waals surface area contributed by atoms with Gasteiger partial charge in [0.1, 0.15) is 24.2 Å². The van der Waals surface area contributed by atoms with Crippen molar-refractivity contribution in [3.05, 3.63) is 0 Å². The van der Waals surface area contributed by atoms with Crippen LogP contribution in [0.4, 0.5) is 0 Å². The first-order valence-corrected chi connectivity index (χ1v) is 17.6. The van der Waals surface area contributed by atoms with Crippen molar-refractivity contribution in [3.63, 3.8) is 0 Å². The predicted octanol–water partition coefficient (Wildman–Crippen LogP) is 3.46. The number of esters is 1. The minimum absolute atomic E-state index is 0.0158. The molecule has 1 aliphatic rings. The summed E-state index contributed by atoms with van der Waals surface area (Å²) < 4.78 is 5.29. The van der Waals surface area contributed by atoms with E-state index in [-0.39, 0.29) is 67.4 Å². The zero-order chi connectivity index (χ0) is 35.8. The molecule has 5 amide bonds. The second-order valence-electron chi connectivity index (χ2n) is 14.4. The quantitative estimate of drug-likeness (QED) is 0.154. The van der Waals surface area contributed by atoms with Crippen LogP contribution >= 0.6 is 0 Å². The normalized spacial score (nSPS) is 16.9. The average molecular weight is 666 g/mol. The summed E-state index contributed by atoms with van der Waals surface area (Å²) in [6, 6.07) is -3.76. The Morgan fingerprint density at radius 3 is 1.85 bits per heavy atom. The Hall–Kier alpha value is -3.18. The van der Waals surface area contributed by atoms with Crippen LogP contribution in [0.2, 0.25) is 0 Å². The Balaban J connectivity index is 3.16. The van der Waals surface area contributed by atoms with Gasteiger partial charge >= 0.3 is 5.97 Å². The maximum atomic E-state index is 13.8. The van der Waals surface area contributed by atoms with Gasteiger partial charge < -0.3 is 30.9 Å². The number of ether oxygens (including phenoxy) is 1. The van der Waals surface area contributed by atoms with Gasteiger partial charge in [0, 0.05) is 25.4 Å². The van der Waals surface area contributed by atoms with Crippen LogP contribution in [0.5, 0.6) is 0 Å². The summed E-state index contributed by atoms with van der Waals surface area (Å²) in [5.41, 5.74) is 0. The zero-order valence-corrected chi connectivity index (χ0v) is 30.6. The van der Waals surface area contributed by atoms with E-state index < -0.39 is 47.9 Å². The third-order valence-electron chi connectivity index (χ3n) is 8.59. The summed E-state index contributed by atoms with van der Waals surface area (Å²) in [7, 11) is 1.58. The molecule has 0 bridgehead atoms. The molecule has 1 rings (SSSR count). The molecule has 1 aliphatic carbocycles. The second kappa shape index (κ2) is 20.9. The average Bonchev–Trinajstić information content (AvgIpc) is 3.00. The van der Waals surface area contributed by atoms with Crippen LogP contribution in [0.15, 0.2) is 0 Å².